The van der Waals surface area contributed by atoms with Gasteiger partial charge in [0.25, 0.3) is 5.91 Å². The fraction of sp³-hybridized carbons (Fsp3) is 0.375. The smallest absolute Gasteiger partial charge is 0.328 e. The monoisotopic (exact) mass is 291 g/mol. The van der Waals surface area contributed by atoms with Crippen molar-refractivity contribution < 1.29 is 19.1 Å². The zero-order valence-electron chi connectivity index (χ0n) is 12.1. The Balaban J connectivity index is 2.24. The average molecular weight is 291 g/mol. The largest absolute Gasteiger partial charge is 0.478 e. The number of hydrogen-bond acceptors (Lipinski definition) is 2. The lowest BCUT2D eigenvalue weighted by atomic mass is 10.0. The standard InChI is InChI=1S/C16H18FNO3/c1-16(2)8-3-9-18(16)15(21)12-5-4-11(13(17)10-12)6-7-14(19)20/h4-7,10H,3,8-9H2,1-2H3,(H,19,20). The van der Waals surface area contributed by atoms with Crippen LogP contribution in [0.1, 0.15) is 42.6 Å². The van der Waals surface area contributed by atoms with Crippen molar-refractivity contribution in [2.75, 3.05) is 6.54 Å². The van der Waals surface area contributed by atoms with Crippen molar-refractivity contribution in [2.45, 2.75) is 32.2 Å². The molecule has 0 unspecified atom stereocenters. The Morgan fingerprint density at radius 1 is 1.38 bits per heavy atom. The van der Waals surface area contributed by atoms with Crippen LogP contribution in [0.5, 0.6) is 0 Å². The van der Waals surface area contributed by atoms with E-state index in [4.69, 9.17) is 5.11 Å². The van der Waals surface area contributed by atoms with Gasteiger partial charge >= 0.3 is 5.97 Å². The zero-order valence-corrected chi connectivity index (χ0v) is 12.1. The minimum absolute atomic E-state index is 0.148. The van der Waals surface area contributed by atoms with Gasteiger partial charge in [-0.15, -0.1) is 0 Å². The molecule has 5 heteroatoms. The summed E-state index contributed by atoms with van der Waals surface area (Å²) in [4.78, 5) is 24.6. The molecule has 1 aliphatic heterocycles. The lowest BCUT2D eigenvalue weighted by Crippen LogP contribution is -2.42. The van der Waals surface area contributed by atoms with Gasteiger partial charge in [-0.2, -0.15) is 0 Å². The topological polar surface area (TPSA) is 57.6 Å². The number of rotatable bonds is 3. The Labute approximate surface area is 122 Å². The Morgan fingerprint density at radius 3 is 2.62 bits per heavy atom. The second-order valence-corrected chi connectivity index (χ2v) is 5.78. The Morgan fingerprint density at radius 2 is 2.10 bits per heavy atom. The molecule has 0 saturated carbocycles. The molecule has 1 amide bonds. The van der Waals surface area contributed by atoms with Crippen LogP contribution in [0.2, 0.25) is 0 Å². The van der Waals surface area contributed by atoms with Crippen LogP contribution in [0.15, 0.2) is 24.3 Å². The molecule has 4 nitrogen and oxygen atoms in total. The molecule has 1 N–H and O–H groups in total. The number of carboxylic acids is 1. The summed E-state index contributed by atoms with van der Waals surface area (Å²) in [7, 11) is 0. The Hall–Kier alpha value is -2.17. The first kappa shape index (κ1) is 15.2. The molecule has 112 valence electrons. The second kappa shape index (κ2) is 5.68. The van der Waals surface area contributed by atoms with Gasteiger partial charge in [0, 0.05) is 29.3 Å². The molecule has 1 heterocycles. The van der Waals surface area contributed by atoms with Crippen LogP contribution >= 0.6 is 0 Å². The van der Waals surface area contributed by atoms with E-state index in [-0.39, 0.29) is 22.6 Å². The third kappa shape index (κ3) is 3.29. The number of benzene rings is 1. The molecular formula is C16H18FNO3. The second-order valence-electron chi connectivity index (χ2n) is 5.78. The summed E-state index contributed by atoms with van der Waals surface area (Å²) < 4.78 is 13.9. The van der Waals surface area contributed by atoms with Crippen LogP contribution in [0.25, 0.3) is 6.08 Å². The molecule has 1 saturated heterocycles. The summed E-state index contributed by atoms with van der Waals surface area (Å²) in [5.41, 5.74) is 0.222. The van der Waals surface area contributed by atoms with E-state index in [0.29, 0.717) is 6.54 Å². The van der Waals surface area contributed by atoms with Crippen LogP contribution < -0.4 is 0 Å². The maximum Gasteiger partial charge on any atom is 0.328 e. The summed E-state index contributed by atoms with van der Waals surface area (Å²) in [6, 6.07) is 4.12. The Bertz CT molecular complexity index is 608. The number of halogens is 1. The van der Waals surface area contributed by atoms with E-state index in [1.54, 1.807) is 4.90 Å². The molecule has 1 aromatic rings. The van der Waals surface area contributed by atoms with E-state index in [0.717, 1.165) is 25.0 Å². The van der Waals surface area contributed by atoms with Crippen LogP contribution in [-0.4, -0.2) is 34.0 Å². The zero-order chi connectivity index (χ0) is 15.6. The molecule has 0 aliphatic carbocycles. The van der Waals surface area contributed by atoms with Crippen LogP contribution in [0.3, 0.4) is 0 Å². The van der Waals surface area contributed by atoms with Gasteiger partial charge in [-0.3, -0.25) is 4.79 Å². The predicted molar refractivity (Wildman–Crippen MR) is 77.4 cm³/mol. The number of carbonyl (C=O) groups excluding carboxylic acids is 1. The lowest BCUT2D eigenvalue weighted by molar-refractivity contribution is -0.131. The van der Waals surface area contributed by atoms with Gasteiger partial charge in [0.2, 0.25) is 0 Å². The fourth-order valence-corrected chi connectivity index (χ4v) is 2.60. The number of aliphatic carboxylic acids is 1. The number of carboxylic acid groups (broad SMARTS) is 1. The van der Waals surface area contributed by atoms with Gasteiger partial charge in [-0.1, -0.05) is 6.07 Å². The van der Waals surface area contributed by atoms with Crippen LogP contribution in [0.4, 0.5) is 4.39 Å². The van der Waals surface area contributed by atoms with E-state index in [2.05, 4.69) is 0 Å². The van der Waals surface area contributed by atoms with Gasteiger partial charge in [-0.05, 0) is 44.9 Å². The molecule has 0 spiro atoms. The number of hydrogen-bond donors (Lipinski definition) is 1. The quantitative estimate of drug-likeness (QED) is 0.871. The minimum atomic E-state index is -1.15. The number of amides is 1. The van der Waals surface area contributed by atoms with E-state index in [1.807, 2.05) is 13.8 Å². The molecule has 1 fully saturated rings. The molecular weight excluding hydrogens is 273 g/mol. The van der Waals surface area contributed by atoms with E-state index < -0.39 is 11.8 Å². The van der Waals surface area contributed by atoms with Crippen molar-refractivity contribution in [3.05, 3.63) is 41.2 Å². The van der Waals surface area contributed by atoms with Crippen molar-refractivity contribution in [3.8, 4) is 0 Å². The summed E-state index contributed by atoms with van der Waals surface area (Å²) in [5, 5.41) is 8.54. The summed E-state index contributed by atoms with van der Waals surface area (Å²) in [5.74, 6) is -1.94. The lowest BCUT2D eigenvalue weighted by Gasteiger charge is -2.31. The molecule has 0 bridgehead atoms. The van der Waals surface area contributed by atoms with E-state index in [1.165, 1.54) is 18.2 Å². The van der Waals surface area contributed by atoms with Gasteiger partial charge in [0.05, 0.1) is 0 Å². The molecule has 2 rings (SSSR count). The van der Waals surface area contributed by atoms with Crippen molar-refractivity contribution in [3.63, 3.8) is 0 Å². The van der Waals surface area contributed by atoms with Crippen molar-refractivity contribution in [1.82, 2.24) is 4.90 Å². The highest BCUT2D eigenvalue weighted by molar-refractivity contribution is 5.95. The number of nitrogens with zero attached hydrogens (tertiary/aromatic N) is 1. The molecule has 1 aliphatic rings. The molecule has 0 aromatic heterocycles. The van der Waals surface area contributed by atoms with Crippen molar-refractivity contribution >= 4 is 18.0 Å². The fourth-order valence-electron chi connectivity index (χ4n) is 2.60. The summed E-state index contributed by atoms with van der Waals surface area (Å²) >= 11 is 0. The molecule has 0 radical (unpaired) electrons. The highest BCUT2D eigenvalue weighted by Crippen LogP contribution is 2.30. The normalized spacial score (nSPS) is 17.4. The predicted octanol–water partition coefficient (Wildman–Crippen LogP) is 2.94. The van der Waals surface area contributed by atoms with Gasteiger partial charge in [0.1, 0.15) is 5.82 Å². The third-order valence-corrected chi connectivity index (χ3v) is 3.80. The van der Waals surface area contributed by atoms with Crippen LogP contribution in [-0.2, 0) is 4.79 Å². The Kier molecular flexibility index (Phi) is 4.11. The van der Waals surface area contributed by atoms with E-state index in [9.17, 15) is 14.0 Å². The summed E-state index contributed by atoms with van der Waals surface area (Å²) in [6.07, 6.45) is 3.91. The van der Waals surface area contributed by atoms with E-state index >= 15 is 0 Å². The van der Waals surface area contributed by atoms with Crippen molar-refractivity contribution in [2.24, 2.45) is 0 Å². The van der Waals surface area contributed by atoms with Crippen molar-refractivity contribution in [1.29, 1.82) is 0 Å². The van der Waals surface area contributed by atoms with Gasteiger partial charge in [-0.25, -0.2) is 9.18 Å². The number of likely N-dealkylation sites (tertiary alicyclic amines) is 1. The first-order valence-corrected chi connectivity index (χ1v) is 6.84. The van der Waals surface area contributed by atoms with Gasteiger partial charge < -0.3 is 10.0 Å². The molecule has 1 aromatic carbocycles. The number of carbonyl (C=O) groups is 2. The minimum Gasteiger partial charge on any atom is -0.478 e. The average Bonchev–Trinajstić information content (AvgIpc) is 2.75. The highest BCUT2D eigenvalue weighted by atomic mass is 19.1. The molecule has 21 heavy (non-hydrogen) atoms. The first-order chi connectivity index (χ1) is 9.81. The first-order valence-electron chi connectivity index (χ1n) is 6.84. The SMILES string of the molecule is CC1(C)CCCN1C(=O)c1ccc(C=CC(=O)O)c(F)c1. The van der Waals surface area contributed by atoms with Crippen LogP contribution in [0, 0.1) is 5.82 Å². The maximum absolute atomic E-state index is 13.9. The summed E-state index contributed by atoms with van der Waals surface area (Å²) in [6.45, 7) is 4.67. The maximum atomic E-state index is 13.9. The molecule has 0 atom stereocenters. The third-order valence-electron chi connectivity index (χ3n) is 3.80. The van der Waals surface area contributed by atoms with Gasteiger partial charge in [0.15, 0.2) is 0 Å². The highest BCUT2D eigenvalue weighted by Gasteiger charge is 2.35.